The number of guanidine groups is 1. The number of para-hydroxylation sites is 2. The maximum absolute atomic E-state index is 5.53. The van der Waals surface area contributed by atoms with Gasteiger partial charge in [-0.15, -0.1) is 0 Å². The number of hydrogen-bond acceptors (Lipinski definition) is 4. The highest BCUT2D eigenvalue weighted by atomic mass is 16.5. The summed E-state index contributed by atoms with van der Waals surface area (Å²) >= 11 is 0. The maximum atomic E-state index is 5.53. The minimum Gasteiger partial charge on any atom is -0.495 e. The fourth-order valence-electron chi connectivity index (χ4n) is 4.23. The van der Waals surface area contributed by atoms with Crippen molar-refractivity contribution >= 4 is 11.6 Å². The van der Waals surface area contributed by atoms with E-state index in [1.54, 1.807) is 14.2 Å². The summed E-state index contributed by atoms with van der Waals surface area (Å²) < 4.78 is 10.8. The van der Waals surface area contributed by atoms with Gasteiger partial charge in [0, 0.05) is 45.9 Å². The Hall–Kier alpha value is -1.95. The van der Waals surface area contributed by atoms with Gasteiger partial charge in [0.05, 0.1) is 12.8 Å². The molecule has 1 saturated heterocycles. The Morgan fingerprint density at radius 3 is 2.79 bits per heavy atom. The fraction of sp³-hybridized carbons (Fsp3) is 0.682. The van der Waals surface area contributed by atoms with Crippen LogP contribution >= 0.6 is 0 Å². The van der Waals surface area contributed by atoms with Gasteiger partial charge in [0.25, 0.3) is 0 Å². The van der Waals surface area contributed by atoms with Crippen molar-refractivity contribution in [2.75, 3.05) is 51.9 Å². The second-order valence-electron chi connectivity index (χ2n) is 8.04. The zero-order valence-corrected chi connectivity index (χ0v) is 17.7. The standard InChI is InChI=1S/C22H36N4O2/c1-4-23-21(24-17-22(11-7-12-22)13-15-27-2)25-18-10-14-26(16-18)19-8-5-6-9-20(19)28-3/h5-6,8-9,18H,4,7,10-17H2,1-3H3,(H2,23,24,25). The van der Waals surface area contributed by atoms with E-state index in [0.29, 0.717) is 11.5 Å². The van der Waals surface area contributed by atoms with Crippen LogP contribution in [0.4, 0.5) is 5.69 Å². The van der Waals surface area contributed by atoms with Crippen LogP contribution in [-0.4, -0.2) is 59.0 Å². The highest BCUT2D eigenvalue weighted by Crippen LogP contribution is 2.44. The van der Waals surface area contributed by atoms with E-state index in [1.165, 1.54) is 24.9 Å². The van der Waals surface area contributed by atoms with Gasteiger partial charge >= 0.3 is 0 Å². The second kappa shape index (κ2) is 10.0. The maximum Gasteiger partial charge on any atom is 0.191 e. The van der Waals surface area contributed by atoms with Crippen LogP contribution in [0.5, 0.6) is 5.75 Å². The summed E-state index contributed by atoms with van der Waals surface area (Å²) in [5.41, 5.74) is 1.52. The van der Waals surface area contributed by atoms with E-state index < -0.39 is 0 Å². The van der Waals surface area contributed by atoms with Crippen molar-refractivity contribution in [3.05, 3.63) is 24.3 Å². The summed E-state index contributed by atoms with van der Waals surface area (Å²) in [6.07, 6.45) is 6.06. The number of hydrogen-bond donors (Lipinski definition) is 2. The predicted molar refractivity (Wildman–Crippen MR) is 116 cm³/mol. The normalized spacial score (nSPS) is 21.3. The van der Waals surface area contributed by atoms with Crippen LogP contribution in [0.2, 0.25) is 0 Å². The molecule has 0 bridgehead atoms. The number of nitrogens with zero attached hydrogens (tertiary/aromatic N) is 2. The summed E-state index contributed by atoms with van der Waals surface area (Å²) in [5, 5.41) is 7.08. The van der Waals surface area contributed by atoms with Crippen LogP contribution < -0.4 is 20.3 Å². The van der Waals surface area contributed by atoms with Gasteiger partial charge in [-0.25, -0.2) is 0 Å². The fourth-order valence-corrected chi connectivity index (χ4v) is 4.23. The average Bonchev–Trinajstić information content (AvgIpc) is 3.15. The molecule has 1 aliphatic heterocycles. The molecule has 0 spiro atoms. The molecule has 0 aromatic heterocycles. The van der Waals surface area contributed by atoms with E-state index in [9.17, 15) is 0 Å². The molecular weight excluding hydrogens is 352 g/mol. The molecule has 1 unspecified atom stereocenters. The molecule has 1 aromatic rings. The molecule has 1 aromatic carbocycles. The van der Waals surface area contributed by atoms with Gasteiger partial charge in [0.2, 0.25) is 0 Å². The highest BCUT2D eigenvalue weighted by Gasteiger charge is 2.36. The lowest BCUT2D eigenvalue weighted by atomic mass is 9.67. The molecule has 2 aliphatic rings. The zero-order valence-electron chi connectivity index (χ0n) is 17.7. The Kier molecular flexibility index (Phi) is 7.43. The summed E-state index contributed by atoms with van der Waals surface area (Å²) in [5.74, 6) is 1.88. The first-order valence-electron chi connectivity index (χ1n) is 10.6. The lowest BCUT2D eigenvalue weighted by molar-refractivity contribution is 0.0778. The van der Waals surface area contributed by atoms with E-state index in [2.05, 4.69) is 34.6 Å². The number of rotatable bonds is 9. The molecule has 1 atom stereocenters. The topological polar surface area (TPSA) is 58.1 Å². The van der Waals surface area contributed by atoms with E-state index >= 15 is 0 Å². The lowest BCUT2D eigenvalue weighted by Gasteiger charge is -2.41. The number of aliphatic imine (C=N–C) groups is 1. The molecular formula is C22H36N4O2. The average molecular weight is 389 g/mol. The number of anilines is 1. The first kappa shape index (κ1) is 20.8. The van der Waals surface area contributed by atoms with Crippen molar-refractivity contribution in [1.82, 2.24) is 10.6 Å². The predicted octanol–water partition coefficient (Wildman–Crippen LogP) is 3.04. The van der Waals surface area contributed by atoms with Gasteiger partial charge in [0.15, 0.2) is 5.96 Å². The number of benzene rings is 1. The van der Waals surface area contributed by atoms with Gasteiger partial charge < -0.3 is 25.0 Å². The Bertz CT molecular complexity index is 645. The summed E-state index contributed by atoms with van der Waals surface area (Å²) in [4.78, 5) is 7.35. The van der Waals surface area contributed by atoms with Crippen molar-refractivity contribution in [2.24, 2.45) is 10.4 Å². The van der Waals surface area contributed by atoms with Crippen LogP contribution in [0.3, 0.4) is 0 Å². The van der Waals surface area contributed by atoms with Gasteiger partial charge in [-0.05, 0) is 50.2 Å². The summed E-state index contributed by atoms with van der Waals surface area (Å²) in [6, 6.07) is 8.64. The Morgan fingerprint density at radius 2 is 2.11 bits per heavy atom. The van der Waals surface area contributed by atoms with E-state index in [1.807, 2.05) is 12.1 Å². The molecule has 2 N–H and O–H groups in total. The molecule has 1 saturated carbocycles. The second-order valence-corrected chi connectivity index (χ2v) is 8.04. The third kappa shape index (κ3) is 5.10. The highest BCUT2D eigenvalue weighted by molar-refractivity contribution is 5.80. The minimum absolute atomic E-state index is 0.345. The van der Waals surface area contributed by atoms with Gasteiger partial charge in [-0.3, -0.25) is 4.99 Å². The third-order valence-electron chi connectivity index (χ3n) is 6.12. The van der Waals surface area contributed by atoms with E-state index in [4.69, 9.17) is 14.5 Å². The molecule has 6 heteroatoms. The summed E-state index contributed by atoms with van der Waals surface area (Å²) in [6.45, 7) is 6.69. The van der Waals surface area contributed by atoms with Gasteiger partial charge in [-0.2, -0.15) is 0 Å². The van der Waals surface area contributed by atoms with Crippen LogP contribution in [0.1, 0.15) is 39.0 Å². The van der Waals surface area contributed by atoms with Crippen molar-refractivity contribution in [2.45, 2.75) is 45.1 Å². The SMILES string of the molecule is CCNC(=NCC1(CCOC)CCC1)NC1CCN(c2ccccc2OC)C1. The molecule has 1 aliphatic carbocycles. The monoisotopic (exact) mass is 388 g/mol. The van der Waals surface area contributed by atoms with Crippen LogP contribution in [0.15, 0.2) is 29.3 Å². The molecule has 6 nitrogen and oxygen atoms in total. The molecule has 2 fully saturated rings. The van der Waals surface area contributed by atoms with Crippen molar-refractivity contribution in [1.29, 1.82) is 0 Å². The third-order valence-corrected chi connectivity index (χ3v) is 6.12. The van der Waals surface area contributed by atoms with Gasteiger partial charge in [0.1, 0.15) is 5.75 Å². The number of ether oxygens (including phenoxy) is 2. The lowest BCUT2D eigenvalue weighted by Crippen LogP contribution is -2.45. The van der Waals surface area contributed by atoms with Crippen molar-refractivity contribution < 1.29 is 9.47 Å². The van der Waals surface area contributed by atoms with Crippen LogP contribution in [-0.2, 0) is 4.74 Å². The Labute approximate surface area is 169 Å². The molecule has 28 heavy (non-hydrogen) atoms. The first-order chi connectivity index (χ1) is 13.7. The smallest absolute Gasteiger partial charge is 0.191 e. The molecule has 0 radical (unpaired) electrons. The Morgan fingerprint density at radius 1 is 1.29 bits per heavy atom. The van der Waals surface area contributed by atoms with Crippen LogP contribution in [0, 0.1) is 5.41 Å². The van der Waals surface area contributed by atoms with E-state index in [-0.39, 0.29) is 0 Å². The minimum atomic E-state index is 0.345. The molecule has 0 amide bonds. The summed E-state index contributed by atoms with van der Waals surface area (Å²) in [7, 11) is 3.52. The number of methoxy groups -OCH3 is 2. The van der Waals surface area contributed by atoms with Crippen molar-refractivity contribution in [3.8, 4) is 5.75 Å². The Balaban J connectivity index is 1.58. The largest absolute Gasteiger partial charge is 0.495 e. The molecule has 3 rings (SSSR count). The molecule has 1 heterocycles. The number of nitrogens with one attached hydrogen (secondary N) is 2. The molecule has 156 valence electrons. The van der Waals surface area contributed by atoms with Gasteiger partial charge in [-0.1, -0.05) is 18.6 Å². The zero-order chi connectivity index (χ0) is 19.8. The van der Waals surface area contributed by atoms with Crippen molar-refractivity contribution in [3.63, 3.8) is 0 Å². The van der Waals surface area contributed by atoms with E-state index in [0.717, 1.165) is 57.3 Å². The van der Waals surface area contributed by atoms with Crippen LogP contribution in [0.25, 0.3) is 0 Å². The first-order valence-corrected chi connectivity index (χ1v) is 10.6. The quantitative estimate of drug-likeness (QED) is 0.503.